The predicted molar refractivity (Wildman–Crippen MR) is 115 cm³/mol. The van der Waals surface area contributed by atoms with E-state index in [4.69, 9.17) is 4.98 Å². The molecule has 1 saturated heterocycles. The second-order valence-corrected chi connectivity index (χ2v) is 7.27. The number of benzene rings is 2. The van der Waals surface area contributed by atoms with Gasteiger partial charge in [0.1, 0.15) is 5.82 Å². The molecule has 28 heavy (non-hydrogen) atoms. The van der Waals surface area contributed by atoms with E-state index in [9.17, 15) is 4.79 Å². The lowest BCUT2D eigenvalue weighted by Crippen LogP contribution is -2.46. The second kappa shape index (κ2) is 7.98. The molecule has 0 spiro atoms. The molecule has 5 heteroatoms. The van der Waals surface area contributed by atoms with Crippen LogP contribution in [0, 0.1) is 6.92 Å². The molecule has 2 aromatic carbocycles. The molecular weight excluding hydrogens is 348 g/mol. The molecule has 2 heterocycles. The molecule has 3 aromatic rings. The van der Waals surface area contributed by atoms with E-state index in [1.165, 1.54) is 5.56 Å². The molecule has 144 valence electrons. The van der Waals surface area contributed by atoms with Gasteiger partial charge in [0, 0.05) is 42.8 Å². The number of aryl methyl sites for hydroxylation is 1. The van der Waals surface area contributed by atoms with Crippen LogP contribution >= 0.6 is 0 Å². The van der Waals surface area contributed by atoms with E-state index in [0.29, 0.717) is 5.56 Å². The Bertz CT molecular complexity index is 979. The Balaban J connectivity index is 1.55. The number of nitrogens with zero attached hydrogens (tertiary/aromatic N) is 3. The van der Waals surface area contributed by atoms with Crippen LogP contribution < -0.4 is 10.2 Å². The molecule has 1 fully saturated rings. The molecule has 0 aliphatic carbocycles. The van der Waals surface area contributed by atoms with Gasteiger partial charge in [0.25, 0.3) is 5.91 Å². The number of hydrogen-bond donors (Lipinski definition) is 1. The minimum absolute atomic E-state index is 0.101. The van der Waals surface area contributed by atoms with E-state index >= 15 is 0 Å². The van der Waals surface area contributed by atoms with Gasteiger partial charge in [-0.15, -0.1) is 0 Å². The Hall–Kier alpha value is -2.92. The largest absolute Gasteiger partial charge is 0.354 e. The third kappa shape index (κ3) is 3.85. The number of piperazine rings is 1. The SMILES string of the molecule is CCN1CCN(c2cc(C)c3cc(NC(=O)c4ccccc4)ccc3n2)CC1. The molecule has 4 rings (SSSR count). The van der Waals surface area contributed by atoms with Crippen LogP contribution in [0.25, 0.3) is 10.9 Å². The number of aromatic nitrogens is 1. The van der Waals surface area contributed by atoms with Crippen molar-refractivity contribution in [1.29, 1.82) is 0 Å². The van der Waals surface area contributed by atoms with Crippen molar-refractivity contribution in [2.24, 2.45) is 0 Å². The topological polar surface area (TPSA) is 48.5 Å². The fourth-order valence-corrected chi connectivity index (χ4v) is 3.70. The summed E-state index contributed by atoms with van der Waals surface area (Å²) in [6, 6.07) is 17.4. The summed E-state index contributed by atoms with van der Waals surface area (Å²) in [4.78, 5) is 22.1. The van der Waals surface area contributed by atoms with Crippen LogP contribution in [0.15, 0.2) is 54.6 Å². The van der Waals surface area contributed by atoms with E-state index < -0.39 is 0 Å². The molecule has 1 aliphatic rings. The fraction of sp³-hybridized carbons (Fsp3) is 0.304. The van der Waals surface area contributed by atoms with Crippen molar-refractivity contribution in [2.45, 2.75) is 13.8 Å². The van der Waals surface area contributed by atoms with Crippen molar-refractivity contribution in [3.05, 3.63) is 65.7 Å². The first kappa shape index (κ1) is 18.4. The number of anilines is 2. The van der Waals surface area contributed by atoms with Gasteiger partial charge in [0.05, 0.1) is 5.52 Å². The Morgan fingerprint density at radius 2 is 1.79 bits per heavy atom. The van der Waals surface area contributed by atoms with Gasteiger partial charge in [-0.2, -0.15) is 0 Å². The number of hydrogen-bond acceptors (Lipinski definition) is 4. The van der Waals surface area contributed by atoms with Crippen molar-refractivity contribution in [3.8, 4) is 0 Å². The second-order valence-electron chi connectivity index (χ2n) is 7.27. The third-order valence-corrected chi connectivity index (χ3v) is 5.44. The molecular formula is C23H26N4O. The lowest BCUT2D eigenvalue weighted by molar-refractivity contribution is 0.102. The molecule has 1 aliphatic heterocycles. The summed E-state index contributed by atoms with van der Waals surface area (Å²) in [7, 11) is 0. The first-order valence-corrected chi connectivity index (χ1v) is 9.89. The minimum atomic E-state index is -0.101. The third-order valence-electron chi connectivity index (χ3n) is 5.44. The van der Waals surface area contributed by atoms with Gasteiger partial charge in [0.2, 0.25) is 0 Å². The van der Waals surface area contributed by atoms with Gasteiger partial charge in [-0.25, -0.2) is 4.98 Å². The van der Waals surface area contributed by atoms with Gasteiger partial charge < -0.3 is 15.1 Å². The van der Waals surface area contributed by atoms with Crippen LogP contribution in [0.2, 0.25) is 0 Å². The summed E-state index contributed by atoms with van der Waals surface area (Å²) in [5, 5.41) is 4.06. The quantitative estimate of drug-likeness (QED) is 0.752. The Labute approximate surface area is 166 Å². The summed E-state index contributed by atoms with van der Waals surface area (Å²) in [5.41, 5.74) is 3.58. The van der Waals surface area contributed by atoms with Gasteiger partial charge in [-0.1, -0.05) is 25.1 Å². The van der Waals surface area contributed by atoms with Crippen LogP contribution in [0.3, 0.4) is 0 Å². The van der Waals surface area contributed by atoms with Crippen molar-refractivity contribution in [2.75, 3.05) is 42.9 Å². The van der Waals surface area contributed by atoms with Crippen LogP contribution in [0.4, 0.5) is 11.5 Å². The van der Waals surface area contributed by atoms with Crippen LogP contribution in [-0.4, -0.2) is 48.5 Å². The van der Waals surface area contributed by atoms with Gasteiger partial charge in [-0.3, -0.25) is 4.79 Å². The Morgan fingerprint density at radius 3 is 2.50 bits per heavy atom. The number of likely N-dealkylation sites (N-methyl/N-ethyl adjacent to an activating group) is 1. The van der Waals surface area contributed by atoms with Gasteiger partial charge >= 0.3 is 0 Å². The highest BCUT2D eigenvalue weighted by atomic mass is 16.1. The highest BCUT2D eigenvalue weighted by molar-refractivity contribution is 6.05. The first-order chi connectivity index (χ1) is 13.6. The molecule has 1 aromatic heterocycles. The summed E-state index contributed by atoms with van der Waals surface area (Å²) in [6.45, 7) is 9.61. The lowest BCUT2D eigenvalue weighted by Gasteiger charge is -2.35. The molecule has 5 nitrogen and oxygen atoms in total. The zero-order chi connectivity index (χ0) is 19.5. The Kier molecular flexibility index (Phi) is 5.26. The standard InChI is InChI=1S/C23H26N4O/c1-3-26-11-13-27(14-12-26)22-15-17(2)20-16-19(9-10-21(20)25-22)24-23(28)18-7-5-4-6-8-18/h4-10,15-16H,3,11-14H2,1-2H3,(H,24,28). The summed E-state index contributed by atoms with van der Waals surface area (Å²) in [6.07, 6.45) is 0. The molecule has 1 amide bonds. The van der Waals surface area contributed by atoms with Crippen molar-refractivity contribution >= 4 is 28.3 Å². The van der Waals surface area contributed by atoms with Crippen molar-refractivity contribution in [1.82, 2.24) is 9.88 Å². The number of amides is 1. The number of pyridine rings is 1. The zero-order valence-corrected chi connectivity index (χ0v) is 16.5. The number of nitrogens with one attached hydrogen (secondary N) is 1. The normalized spacial score (nSPS) is 15.0. The molecule has 0 unspecified atom stereocenters. The first-order valence-electron chi connectivity index (χ1n) is 9.89. The van der Waals surface area contributed by atoms with E-state index in [1.54, 1.807) is 0 Å². The molecule has 0 radical (unpaired) electrons. The minimum Gasteiger partial charge on any atom is -0.354 e. The molecule has 1 N–H and O–H groups in total. The predicted octanol–water partition coefficient (Wildman–Crippen LogP) is 3.94. The van der Waals surface area contributed by atoms with E-state index in [2.05, 4.69) is 35.0 Å². The smallest absolute Gasteiger partial charge is 0.255 e. The highest BCUT2D eigenvalue weighted by Crippen LogP contribution is 2.26. The van der Waals surface area contributed by atoms with Crippen LogP contribution in [0.1, 0.15) is 22.8 Å². The van der Waals surface area contributed by atoms with Gasteiger partial charge in [0.15, 0.2) is 0 Å². The Morgan fingerprint density at radius 1 is 1.04 bits per heavy atom. The highest BCUT2D eigenvalue weighted by Gasteiger charge is 2.18. The monoisotopic (exact) mass is 374 g/mol. The summed E-state index contributed by atoms with van der Waals surface area (Å²) in [5.74, 6) is 0.942. The average molecular weight is 374 g/mol. The van der Waals surface area contributed by atoms with E-state index in [1.807, 2.05) is 48.5 Å². The summed E-state index contributed by atoms with van der Waals surface area (Å²) < 4.78 is 0. The molecule has 0 atom stereocenters. The zero-order valence-electron chi connectivity index (χ0n) is 16.5. The molecule has 0 saturated carbocycles. The van der Waals surface area contributed by atoms with E-state index in [-0.39, 0.29) is 5.91 Å². The maximum absolute atomic E-state index is 12.4. The average Bonchev–Trinajstić information content (AvgIpc) is 2.74. The van der Waals surface area contributed by atoms with Crippen molar-refractivity contribution < 1.29 is 4.79 Å². The van der Waals surface area contributed by atoms with Crippen LogP contribution in [0.5, 0.6) is 0 Å². The number of rotatable bonds is 4. The lowest BCUT2D eigenvalue weighted by atomic mass is 10.1. The fourth-order valence-electron chi connectivity index (χ4n) is 3.70. The van der Waals surface area contributed by atoms with Gasteiger partial charge in [-0.05, 0) is 55.4 Å². The molecule has 0 bridgehead atoms. The maximum atomic E-state index is 12.4. The van der Waals surface area contributed by atoms with Crippen molar-refractivity contribution in [3.63, 3.8) is 0 Å². The van der Waals surface area contributed by atoms with Crippen LogP contribution in [-0.2, 0) is 0 Å². The summed E-state index contributed by atoms with van der Waals surface area (Å²) >= 11 is 0. The number of fused-ring (bicyclic) bond motifs is 1. The maximum Gasteiger partial charge on any atom is 0.255 e. The number of carbonyl (C=O) groups excluding carboxylic acids is 1. The van der Waals surface area contributed by atoms with E-state index in [0.717, 1.165) is 55.1 Å². The number of carbonyl (C=O) groups is 1.